The molecule has 1 heterocycles. The molecule has 1 aromatic rings. The number of ether oxygens (including phenoxy) is 1. The first-order valence-corrected chi connectivity index (χ1v) is 13.0. The average Bonchev–Trinajstić information content (AvgIpc) is 2.94. The Morgan fingerprint density at radius 1 is 1.03 bits per heavy atom. The summed E-state index contributed by atoms with van der Waals surface area (Å²) in [5.74, 6) is 0.453. The molecule has 0 spiro atoms. The van der Waals surface area contributed by atoms with Crippen LogP contribution in [0.2, 0.25) is 0 Å². The van der Waals surface area contributed by atoms with Crippen LogP contribution >= 0.6 is 0 Å². The topological polar surface area (TPSA) is 48.0 Å². The summed E-state index contributed by atoms with van der Waals surface area (Å²) >= 11 is 0. The van der Waals surface area contributed by atoms with Gasteiger partial charge < -0.3 is 14.0 Å². The maximum absolute atomic E-state index is 13.8. The van der Waals surface area contributed by atoms with Crippen LogP contribution in [0.25, 0.3) is 0 Å². The highest BCUT2D eigenvalue weighted by atomic mass is 16.7. The largest absolute Gasteiger partial charge is 0.490 e. The third kappa shape index (κ3) is 7.36. The second kappa shape index (κ2) is 11.1. The summed E-state index contributed by atoms with van der Waals surface area (Å²) in [6.45, 7) is 23.0. The van der Waals surface area contributed by atoms with Crippen molar-refractivity contribution in [1.29, 1.82) is 0 Å². The van der Waals surface area contributed by atoms with Gasteiger partial charge in [0.25, 0.3) is 0 Å². The third-order valence-electron chi connectivity index (χ3n) is 7.30. The van der Waals surface area contributed by atoms with Crippen LogP contribution in [0.5, 0.6) is 0 Å². The van der Waals surface area contributed by atoms with Crippen molar-refractivity contribution in [3.63, 3.8) is 0 Å². The van der Waals surface area contributed by atoms with E-state index in [0.717, 1.165) is 24.8 Å². The molecule has 1 saturated heterocycles. The molecule has 1 aromatic carbocycles. The highest BCUT2D eigenvalue weighted by molar-refractivity contribution is 6.49. The Morgan fingerprint density at radius 2 is 1.57 bits per heavy atom. The van der Waals surface area contributed by atoms with Crippen molar-refractivity contribution in [2.75, 3.05) is 6.54 Å². The van der Waals surface area contributed by atoms with Crippen LogP contribution in [0.3, 0.4) is 0 Å². The molecule has 196 valence electrons. The normalized spacial score (nSPS) is 19.6. The molecule has 35 heavy (non-hydrogen) atoms. The number of rotatable bonds is 9. The van der Waals surface area contributed by atoms with Gasteiger partial charge in [0, 0.05) is 6.54 Å². The fraction of sp³-hybridized carbons (Fsp3) is 0.690. The van der Waals surface area contributed by atoms with Gasteiger partial charge in [-0.1, -0.05) is 48.9 Å². The molecule has 1 amide bonds. The van der Waals surface area contributed by atoms with E-state index in [0.29, 0.717) is 12.5 Å². The first kappa shape index (κ1) is 29.4. The molecule has 2 atom stereocenters. The lowest BCUT2D eigenvalue weighted by Crippen LogP contribution is -2.59. The molecule has 5 nitrogen and oxygen atoms in total. The smallest absolute Gasteiger partial charge is 0.444 e. The predicted molar refractivity (Wildman–Crippen MR) is 145 cm³/mol. The van der Waals surface area contributed by atoms with Crippen LogP contribution in [0.15, 0.2) is 42.0 Å². The van der Waals surface area contributed by atoms with Crippen molar-refractivity contribution in [3.05, 3.63) is 47.5 Å². The number of amides is 1. The Kier molecular flexibility index (Phi) is 9.33. The number of benzene rings is 1. The first-order valence-electron chi connectivity index (χ1n) is 13.0. The van der Waals surface area contributed by atoms with Crippen LogP contribution in [-0.2, 0) is 19.5 Å². The van der Waals surface area contributed by atoms with Crippen molar-refractivity contribution in [1.82, 2.24) is 4.90 Å². The maximum atomic E-state index is 13.8. The summed E-state index contributed by atoms with van der Waals surface area (Å²) in [6, 6.07) is 10.1. The summed E-state index contributed by atoms with van der Waals surface area (Å²) in [5, 5.41) is 0. The van der Waals surface area contributed by atoms with Crippen molar-refractivity contribution >= 4 is 13.2 Å². The van der Waals surface area contributed by atoms with Gasteiger partial charge in [-0.2, -0.15) is 0 Å². The molecule has 0 saturated carbocycles. The van der Waals surface area contributed by atoms with E-state index in [4.69, 9.17) is 14.0 Å². The minimum atomic E-state index is -0.881. The zero-order valence-electron chi connectivity index (χ0n) is 24.0. The molecular weight excluding hydrogens is 437 g/mol. The van der Waals surface area contributed by atoms with Crippen LogP contribution in [0, 0.1) is 5.92 Å². The van der Waals surface area contributed by atoms with E-state index in [2.05, 4.69) is 26.8 Å². The molecule has 0 aliphatic carbocycles. The monoisotopic (exact) mass is 485 g/mol. The minimum Gasteiger partial charge on any atom is -0.444 e. The molecule has 0 aromatic heterocycles. The van der Waals surface area contributed by atoms with E-state index >= 15 is 0 Å². The van der Waals surface area contributed by atoms with Gasteiger partial charge >= 0.3 is 13.2 Å². The fourth-order valence-electron chi connectivity index (χ4n) is 4.25. The number of carbonyl (C=O) groups is 1. The Labute approximate surface area is 214 Å². The molecule has 0 bridgehead atoms. The lowest BCUT2D eigenvalue weighted by Gasteiger charge is -2.43. The Bertz CT molecular complexity index is 854. The minimum absolute atomic E-state index is 0.352. The first-order chi connectivity index (χ1) is 16.0. The summed E-state index contributed by atoms with van der Waals surface area (Å²) in [5.41, 5.74) is -0.242. The summed E-state index contributed by atoms with van der Waals surface area (Å²) in [7, 11) is -0.650. The second-order valence-electron chi connectivity index (χ2n) is 12.5. The lowest BCUT2D eigenvalue weighted by molar-refractivity contribution is 0.00411. The Balaban J connectivity index is 2.47. The second-order valence-corrected chi connectivity index (χ2v) is 12.5. The number of hydrogen-bond acceptors (Lipinski definition) is 4. The molecule has 1 aliphatic rings. The van der Waals surface area contributed by atoms with Crippen LogP contribution in [0.4, 0.5) is 4.79 Å². The highest BCUT2D eigenvalue weighted by Crippen LogP contribution is 2.45. The molecular formula is C29H48BNO4. The zero-order valence-corrected chi connectivity index (χ0v) is 24.0. The maximum Gasteiger partial charge on any atom is 0.490 e. The molecule has 6 heteroatoms. The van der Waals surface area contributed by atoms with Gasteiger partial charge in [0.1, 0.15) is 11.0 Å². The molecule has 0 radical (unpaired) electrons. The quantitative estimate of drug-likeness (QED) is 0.268. The van der Waals surface area contributed by atoms with Gasteiger partial charge in [-0.15, -0.1) is 0 Å². The predicted octanol–water partition coefficient (Wildman–Crippen LogP) is 7.54. The number of carbonyl (C=O) groups excluding carboxylic acids is 1. The average molecular weight is 486 g/mol. The van der Waals surface area contributed by atoms with E-state index in [9.17, 15) is 4.79 Å². The third-order valence-corrected chi connectivity index (χ3v) is 7.30. The van der Waals surface area contributed by atoms with E-state index in [1.807, 2.05) is 90.6 Å². The summed E-state index contributed by atoms with van der Waals surface area (Å²) in [4.78, 5) is 15.6. The number of allylic oxidation sites excluding steroid dienone is 2. The Hall–Kier alpha value is -1.79. The van der Waals surface area contributed by atoms with Crippen LogP contribution in [0.1, 0.15) is 101 Å². The SMILES string of the molecule is CC(C)=CCC[C@H](C)CCN(C(=O)OC(C)(C)C)[C@@](C)(B1OC(C)(C)C(C)(C)O1)c1ccccc1. The standard InChI is InChI=1S/C29H48BNO4/c1-22(2)16-15-17-23(3)20-21-31(25(32)33-26(4,5)6)29(11,24-18-13-12-14-19-24)30-34-27(7,8)28(9,10)35-30/h12-14,16,18-19,23H,15,17,20-21H2,1-11H3/t23-,29+/m0/s1. The lowest BCUT2D eigenvalue weighted by atomic mass is 9.60. The van der Waals surface area contributed by atoms with Crippen molar-refractivity contribution < 1.29 is 18.8 Å². The van der Waals surface area contributed by atoms with Gasteiger partial charge in [-0.05, 0) is 100.0 Å². The Morgan fingerprint density at radius 3 is 2.06 bits per heavy atom. The summed E-state index contributed by atoms with van der Waals surface area (Å²) < 4.78 is 19.1. The van der Waals surface area contributed by atoms with Crippen LogP contribution < -0.4 is 0 Å². The van der Waals surface area contributed by atoms with E-state index in [-0.39, 0.29) is 6.09 Å². The number of nitrogens with zero attached hydrogens (tertiary/aromatic N) is 1. The van der Waals surface area contributed by atoms with Crippen molar-refractivity contribution in [3.8, 4) is 0 Å². The van der Waals surface area contributed by atoms with Gasteiger partial charge in [-0.3, -0.25) is 4.90 Å². The molecule has 0 N–H and O–H groups in total. The van der Waals surface area contributed by atoms with Crippen LogP contribution in [-0.4, -0.2) is 41.5 Å². The molecule has 2 rings (SSSR count). The van der Waals surface area contributed by atoms with E-state index < -0.39 is 29.4 Å². The highest BCUT2D eigenvalue weighted by Gasteiger charge is 2.61. The summed E-state index contributed by atoms with van der Waals surface area (Å²) in [6.07, 6.45) is 4.91. The van der Waals surface area contributed by atoms with Crippen molar-refractivity contribution in [2.24, 2.45) is 5.92 Å². The van der Waals surface area contributed by atoms with Gasteiger partial charge in [0.05, 0.1) is 11.2 Å². The van der Waals surface area contributed by atoms with Gasteiger partial charge in [0.2, 0.25) is 0 Å². The van der Waals surface area contributed by atoms with E-state index in [1.165, 1.54) is 5.57 Å². The van der Waals surface area contributed by atoms with Crippen molar-refractivity contribution in [2.45, 2.75) is 118 Å². The number of hydrogen-bond donors (Lipinski definition) is 0. The van der Waals surface area contributed by atoms with E-state index in [1.54, 1.807) is 0 Å². The fourth-order valence-corrected chi connectivity index (χ4v) is 4.25. The molecule has 1 aliphatic heterocycles. The zero-order chi connectivity index (χ0) is 26.7. The molecule has 1 fully saturated rings. The van der Waals surface area contributed by atoms with Gasteiger partial charge in [-0.25, -0.2) is 4.79 Å². The van der Waals surface area contributed by atoms with Gasteiger partial charge in [0.15, 0.2) is 0 Å². The molecule has 0 unspecified atom stereocenters.